The molecule has 1 amide bonds. The lowest BCUT2D eigenvalue weighted by molar-refractivity contribution is -0.118. The van der Waals surface area contributed by atoms with Crippen LogP contribution in [0.4, 0.5) is 0 Å². The van der Waals surface area contributed by atoms with Gasteiger partial charge in [0.25, 0.3) is 0 Å². The Hall–Kier alpha value is -3.33. The van der Waals surface area contributed by atoms with Crippen molar-refractivity contribution in [2.24, 2.45) is 0 Å². The Morgan fingerprint density at radius 3 is 2.79 bits per heavy atom. The van der Waals surface area contributed by atoms with Crippen molar-refractivity contribution in [1.82, 2.24) is 25.1 Å². The fraction of sp³-hybridized carbons (Fsp3) is 0.200. The van der Waals surface area contributed by atoms with Crippen molar-refractivity contribution >= 4 is 28.7 Å². The van der Waals surface area contributed by atoms with Gasteiger partial charge in [-0.1, -0.05) is 29.5 Å². The van der Waals surface area contributed by atoms with Gasteiger partial charge in [0, 0.05) is 11.4 Å². The van der Waals surface area contributed by atoms with E-state index in [1.54, 1.807) is 23.0 Å². The number of aromatic nitrogens is 4. The van der Waals surface area contributed by atoms with Crippen LogP contribution in [0.1, 0.15) is 17.0 Å². The third-order valence-electron chi connectivity index (χ3n) is 4.45. The molecule has 0 unspecified atom stereocenters. The Morgan fingerprint density at radius 2 is 2.07 bits per heavy atom. The summed E-state index contributed by atoms with van der Waals surface area (Å²) in [6, 6.07) is 11.4. The Labute approximate surface area is 170 Å². The molecule has 0 bridgehead atoms. The largest absolute Gasteiger partial charge is 0.467 e. The summed E-state index contributed by atoms with van der Waals surface area (Å²) in [5.74, 6) is 0.708. The molecule has 8 nitrogen and oxygen atoms in total. The van der Waals surface area contributed by atoms with Crippen LogP contribution >= 0.6 is 11.8 Å². The number of carbonyl (C=O) groups excluding carboxylic acids is 1. The average molecular weight is 408 g/mol. The van der Waals surface area contributed by atoms with Crippen LogP contribution in [0.3, 0.4) is 0 Å². The molecule has 29 heavy (non-hydrogen) atoms. The first-order chi connectivity index (χ1) is 14.0. The molecule has 1 aromatic carbocycles. The van der Waals surface area contributed by atoms with Crippen LogP contribution in [0, 0.1) is 19.3 Å². The molecule has 3 heterocycles. The number of nitrogens with zero attached hydrogens (tertiary/aromatic N) is 3. The number of aromatic amines is 1. The minimum atomic E-state index is -0.145. The van der Waals surface area contributed by atoms with Crippen LogP contribution in [0.15, 0.2) is 52.2 Å². The summed E-state index contributed by atoms with van der Waals surface area (Å²) in [5, 5.41) is 19.8. The van der Waals surface area contributed by atoms with Gasteiger partial charge in [0.05, 0.1) is 23.9 Å². The van der Waals surface area contributed by atoms with E-state index < -0.39 is 0 Å². The first-order valence-electron chi connectivity index (χ1n) is 9.04. The van der Waals surface area contributed by atoms with E-state index in [0.29, 0.717) is 28.5 Å². The summed E-state index contributed by atoms with van der Waals surface area (Å²) in [4.78, 5) is 16.9. The number of rotatable bonds is 6. The quantitative estimate of drug-likeness (QED) is 0.335. The predicted molar refractivity (Wildman–Crippen MR) is 110 cm³/mol. The van der Waals surface area contributed by atoms with E-state index in [9.17, 15) is 4.79 Å². The fourth-order valence-corrected chi connectivity index (χ4v) is 3.78. The molecule has 4 rings (SSSR count). The molecule has 0 saturated carbocycles. The normalized spacial score (nSPS) is 11.1. The molecule has 0 aliphatic heterocycles. The highest BCUT2D eigenvalue weighted by Gasteiger charge is 2.16. The van der Waals surface area contributed by atoms with Gasteiger partial charge in [-0.2, -0.15) is 5.10 Å². The molecule has 0 atom stereocenters. The number of hydrogen-bond donors (Lipinski definition) is 3. The molecule has 0 radical (unpaired) electrons. The summed E-state index contributed by atoms with van der Waals surface area (Å²) < 4.78 is 6.97. The maximum absolute atomic E-state index is 12.3. The van der Waals surface area contributed by atoms with Gasteiger partial charge in [-0.3, -0.25) is 19.9 Å². The summed E-state index contributed by atoms with van der Waals surface area (Å²) in [7, 11) is 0. The smallest absolute Gasteiger partial charge is 0.230 e. The Balaban J connectivity index is 1.63. The van der Waals surface area contributed by atoms with E-state index in [0.717, 1.165) is 16.9 Å². The monoisotopic (exact) mass is 408 g/mol. The lowest BCUT2D eigenvalue weighted by Gasteiger charge is -2.13. The third kappa shape index (κ3) is 3.95. The molecule has 0 fully saturated rings. The maximum Gasteiger partial charge on any atom is 0.230 e. The van der Waals surface area contributed by atoms with E-state index in [1.807, 2.05) is 38.1 Å². The van der Waals surface area contributed by atoms with Gasteiger partial charge in [0.1, 0.15) is 11.2 Å². The standard InChI is InChI=1S/C20H20N6O2S/c1-12-5-7-14(8-6-12)26-18(21)17-13(2)24-25-19(17)23-20(26)29-11-16(27)22-10-15-4-3-9-28-15/h3-9,21H,10-11H2,1-2H3,(H,22,27)(H,24,25). The van der Waals surface area contributed by atoms with Crippen molar-refractivity contribution in [3.8, 4) is 5.69 Å². The van der Waals surface area contributed by atoms with Gasteiger partial charge >= 0.3 is 0 Å². The second kappa shape index (κ2) is 7.96. The van der Waals surface area contributed by atoms with Crippen molar-refractivity contribution in [3.05, 3.63) is 65.2 Å². The third-order valence-corrected chi connectivity index (χ3v) is 5.38. The second-order valence-electron chi connectivity index (χ2n) is 6.61. The topological polar surface area (TPSA) is 113 Å². The number of aryl methyl sites for hydroxylation is 2. The zero-order valence-electron chi connectivity index (χ0n) is 16.0. The minimum absolute atomic E-state index is 0.145. The first kappa shape index (κ1) is 19.0. The van der Waals surface area contributed by atoms with Crippen molar-refractivity contribution in [2.45, 2.75) is 25.5 Å². The van der Waals surface area contributed by atoms with Crippen molar-refractivity contribution < 1.29 is 9.21 Å². The lowest BCUT2D eigenvalue weighted by atomic mass is 10.2. The summed E-state index contributed by atoms with van der Waals surface area (Å²) in [6.45, 7) is 4.21. The van der Waals surface area contributed by atoms with Crippen LogP contribution in [-0.2, 0) is 11.3 Å². The molecule has 0 aliphatic carbocycles. The number of thioether (sulfide) groups is 1. The van der Waals surface area contributed by atoms with Crippen LogP contribution < -0.4 is 10.8 Å². The molecular weight excluding hydrogens is 388 g/mol. The van der Waals surface area contributed by atoms with Gasteiger partial charge in [0.2, 0.25) is 5.91 Å². The SMILES string of the molecule is Cc1ccc(-n2c(SCC(=O)NCc3ccco3)nc3n[nH]c(C)c3c2=N)cc1. The van der Waals surface area contributed by atoms with E-state index in [2.05, 4.69) is 20.5 Å². The number of carbonyl (C=O) groups is 1. The molecule has 0 saturated heterocycles. The summed E-state index contributed by atoms with van der Waals surface area (Å²) in [6.07, 6.45) is 1.57. The number of hydrogen-bond acceptors (Lipinski definition) is 6. The van der Waals surface area contributed by atoms with Gasteiger partial charge in [-0.25, -0.2) is 4.98 Å². The number of fused-ring (bicyclic) bond motifs is 1. The van der Waals surface area contributed by atoms with Crippen molar-refractivity contribution in [1.29, 1.82) is 5.41 Å². The van der Waals surface area contributed by atoms with Gasteiger partial charge < -0.3 is 9.73 Å². The lowest BCUT2D eigenvalue weighted by Crippen LogP contribution is -2.26. The van der Waals surface area contributed by atoms with Crippen LogP contribution in [0.25, 0.3) is 16.7 Å². The summed E-state index contributed by atoms with van der Waals surface area (Å²) >= 11 is 1.26. The maximum atomic E-state index is 12.3. The number of amides is 1. The molecular formula is C20H20N6O2S. The zero-order valence-corrected chi connectivity index (χ0v) is 16.8. The Morgan fingerprint density at radius 1 is 1.28 bits per heavy atom. The van der Waals surface area contributed by atoms with Gasteiger partial charge in [-0.15, -0.1) is 0 Å². The summed E-state index contributed by atoms with van der Waals surface area (Å²) in [5.41, 5.74) is 3.47. The number of benzene rings is 1. The molecule has 3 N–H and O–H groups in total. The van der Waals surface area contributed by atoms with E-state index in [1.165, 1.54) is 11.8 Å². The van der Waals surface area contributed by atoms with E-state index in [-0.39, 0.29) is 17.1 Å². The Kier molecular flexibility index (Phi) is 5.22. The minimum Gasteiger partial charge on any atom is -0.467 e. The molecule has 148 valence electrons. The molecule has 4 aromatic rings. The van der Waals surface area contributed by atoms with Gasteiger partial charge in [-0.05, 0) is 38.1 Å². The van der Waals surface area contributed by atoms with E-state index in [4.69, 9.17) is 9.83 Å². The highest BCUT2D eigenvalue weighted by Crippen LogP contribution is 2.21. The zero-order chi connectivity index (χ0) is 20.4. The van der Waals surface area contributed by atoms with Crippen LogP contribution in [-0.4, -0.2) is 31.4 Å². The second-order valence-corrected chi connectivity index (χ2v) is 7.55. The van der Waals surface area contributed by atoms with Crippen LogP contribution in [0.2, 0.25) is 0 Å². The molecule has 9 heteroatoms. The van der Waals surface area contributed by atoms with Crippen LogP contribution in [0.5, 0.6) is 0 Å². The predicted octanol–water partition coefficient (Wildman–Crippen LogP) is 2.85. The van der Waals surface area contributed by atoms with Gasteiger partial charge in [0.15, 0.2) is 10.8 Å². The Bertz CT molecular complexity index is 1210. The van der Waals surface area contributed by atoms with Crippen molar-refractivity contribution in [2.75, 3.05) is 5.75 Å². The highest BCUT2D eigenvalue weighted by molar-refractivity contribution is 7.99. The molecule has 0 aliphatic rings. The molecule has 0 spiro atoms. The van der Waals surface area contributed by atoms with Crippen molar-refractivity contribution in [3.63, 3.8) is 0 Å². The number of H-pyrrole nitrogens is 1. The number of nitrogens with one attached hydrogen (secondary N) is 3. The molecule has 3 aromatic heterocycles. The van der Waals surface area contributed by atoms with E-state index >= 15 is 0 Å². The first-order valence-corrected chi connectivity index (χ1v) is 10.0. The number of furan rings is 1. The highest BCUT2D eigenvalue weighted by atomic mass is 32.2. The average Bonchev–Trinajstić information content (AvgIpc) is 3.36. The fourth-order valence-electron chi connectivity index (χ4n) is 2.94.